The van der Waals surface area contributed by atoms with E-state index in [1.165, 1.54) is 23.5 Å². The number of carboxylic acids is 2. The zero-order chi connectivity index (χ0) is 29.7. The van der Waals surface area contributed by atoms with Gasteiger partial charge in [0.05, 0.1) is 0 Å². The van der Waals surface area contributed by atoms with E-state index in [9.17, 15) is 24.3 Å². The van der Waals surface area contributed by atoms with Gasteiger partial charge < -0.3 is 31.0 Å². The van der Waals surface area contributed by atoms with Crippen LogP contribution in [0.25, 0.3) is 0 Å². The van der Waals surface area contributed by atoms with E-state index < -0.39 is 47.5 Å². The molecule has 4 heterocycles. The zero-order valence-electron chi connectivity index (χ0n) is 21.7. The summed E-state index contributed by atoms with van der Waals surface area (Å²) < 4.78 is 5.54. The molecular weight excluding hydrogens is 602 g/mol. The number of fused-ring (bicyclic) bond motifs is 1. The highest BCUT2D eigenvalue weighted by Crippen LogP contribution is 2.41. The fourth-order valence-corrected chi connectivity index (χ4v) is 6.62. The third-order valence-corrected chi connectivity index (χ3v) is 8.52. The van der Waals surface area contributed by atoms with Crippen LogP contribution < -0.4 is 11.1 Å². The number of β-lactam (4-membered cyclic amide) rings is 1. The number of rotatable bonds is 14. The van der Waals surface area contributed by atoms with Gasteiger partial charge in [-0.1, -0.05) is 16.9 Å². The van der Waals surface area contributed by atoms with Crippen LogP contribution in [0, 0.1) is 0 Å². The monoisotopic (exact) mass is 627 g/mol. The van der Waals surface area contributed by atoms with Crippen molar-refractivity contribution in [2.75, 3.05) is 44.5 Å². The quantitative estimate of drug-likeness (QED) is 0.0797. The predicted molar refractivity (Wildman–Crippen MR) is 146 cm³/mol. The van der Waals surface area contributed by atoms with E-state index in [1.54, 1.807) is 4.68 Å². The van der Waals surface area contributed by atoms with Gasteiger partial charge in [-0.25, -0.2) is 14.3 Å². The largest absolute Gasteiger partial charge is 0.479 e. The molecule has 2 aromatic rings. The van der Waals surface area contributed by atoms with Gasteiger partial charge in [-0.2, -0.15) is 9.36 Å². The fourth-order valence-electron chi connectivity index (χ4n) is 3.80. The average molecular weight is 628 g/mol. The maximum atomic E-state index is 13.1. The molecule has 0 bridgehead atoms. The first-order valence-electron chi connectivity index (χ1n) is 11.8. The van der Waals surface area contributed by atoms with Crippen molar-refractivity contribution in [3.8, 4) is 0 Å². The molecule has 2 aliphatic rings. The molecule has 220 valence electrons. The molecule has 21 heteroatoms. The maximum Gasteiger partial charge on any atom is 0.352 e. The highest BCUT2D eigenvalue weighted by molar-refractivity contribution is 8.01. The van der Waals surface area contributed by atoms with Gasteiger partial charge in [0.25, 0.3) is 11.8 Å². The second-order valence-electron chi connectivity index (χ2n) is 8.81. The number of nitrogen functional groups attached to an aromatic ring is 1. The van der Waals surface area contributed by atoms with Crippen LogP contribution in [0.1, 0.15) is 12.2 Å². The van der Waals surface area contributed by atoms with Crippen LogP contribution in [0.2, 0.25) is 0 Å². The number of aromatic nitrogens is 6. The minimum Gasteiger partial charge on any atom is -0.479 e. The van der Waals surface area contributed by atoms with Crippen LogP contribution in [0.15, 0.2) is 21.6 Å². The molecule has 0 spiro atoms. The highest BCUT2D eigenvalue weighted by Gasteiger charge is 2.54. The number of aryl methyl sites for hydroxylation is 1. The second kappa shape index (κ2) is 13.2. The first kappa shape index (κ1) is 30.1. The Bertz CT molecular complexity index is 1390. The number of aliphatic carboxylic acids is 2. The van der Waals surface area contributed by atoms with Crippen molar-refractivity contribution in [3.63, 3.8) is 0 Å². The summed E-state index contributed by atoms with van der Waals surface area (Å²) in [7, 11) is 3.93. The molecule has 1 saturated heterocycles. The summed E-state index contributed by atoms with van der Waals surface area (Å²) in [5.74, 6) is -3.86. The lowest BCUT2D eigenvalue weighted by Crippen LogP contribution is -2.71. The molecule has 0 saturated carbocycles. The topological polar surface area (TPSA) is 244 Å². The number of amides is 2. The summed E-state index contributed by atoms with van der Waals surface area (Å²) in [6.45, 7) is 0.611. The number of nitrogens with one attached hydrogen (secondary N) is 1. The summed E-state index contributed by atoms with van der Waals surface area (Å²) in [5, 5.41) is 36.3. The predicted octanol–water partition coefficient (Wildman–Crippen LogP) is -1.61. The molecule has 4 rings (SSSR count). The molecule has 1 fully saturated rings. The number of carbonyl (C=O) groups is 4. The molecule has 2 amide bonds. The van der Waals surface area contributed by atoms with E-state index in [-0.39, 0.29) is 28.2 Å². The molecule has 2 unspecified atom stereocenters. The lowest BCUT2D eigenvalue weighted by atomic mass is 10.0. The Morgan fingerprint density at radius 3 is 2.76 bits per heavy atom. The number of hydrogen-bond acceptors (Lipinski definition) is 16. The number of hydrogen-bond donors (Lipinski definition) is 4. The second-order valence-corrected chi connectivity index (χ2v) is 11.6. The van der Waals surface area contributed by atoms with Gasteiger partial charge in [0.2, 0.25) is 23.3 Å². The van der Waals surface area contributed by atoms with Gasteiger partial charge in [-0.15, -0.1) is 16.9 Å². The van der Waals surface area contributed by atoms with E-state index in [4.69, 9.17) is 10.8 Å². The number of anilines is 1. The summed E-state index contributed by atoms with van der Waals surface area (Å²) in [5.41, 5.74) is 5.45. The number of carboxylic acid groups (broad SMARTS) is 2. The van der Waals surface area contributed by atoms with Gasteiger partial charge >= 0.3 is 11.9 Å². The van der Waals surface area contributed by atoms with E-state index in [1.807, 2.05) is 19.0 Å². The lowest BCUT2D eigenvalue weighted by Gasteiger charge is -2.49. The number of oxime groups is 1. The molecule has 0 aliphatic carbocycles. The average Bonchev–Trinajstić information content (AvgIpc) is 3.55. The van der Waals surface area contributed by atoms with Gasteiger partial charge in [0.1, 0.15) is 17.1 Å². The van der Waals surface area contributed by atoms with Crippen LogP contribution >= 0.6 is 35.1 Å². The number of nitrogens with zero attached hydrogens (tertiary/aromatic N) is 9. The summed E-state index contributed by atoms with van der Waals surface area (Å²) in [6, 6.07) is -1.08. The molecule has 18 nitrogen and oxygen atoms in total. The van der Waals surface area contributed by atoms with Crippen molar-refractivity contribution in [3.05, 3.63) is 17.1 Å². The van der Waals surface area contributed by atoms with Crippen LogP contribution in [0.3, 0.4) is 0 Å². The van der Waals surface area contributed by atoms with Crippen molar-refractivity contribution in [2.24, 2.45) is 5.16 Å². The molecule has 41 heavy (non-hydrogen) atoms. The Morgan fingerprint density at radius 2 is 2.10 bits per heavy atom. The Hall–Kier alpha value is -3.82. The Balaban J connectivity index is 1.44. The summed E-state index contributed by atoms with van der Waals surface area (Å²) >= 11 is 3.33. The van der Waals surface area contributed by atoms with Crippen LogP contribution in [-0.2, 0) is 30.6 Å². The van der Waals surface area contributed by atoms with Crippen molar-refractivity contribution >= 4 is 69.7 Å². The molecule has 5 N–H and O–H groups in total. The standard InChI is InChI=1S/C20H25N11O7S3/c1-29(2)4-3-5-30-20(24-27-28-30)40-8-9-7-39-17-12(16(35)31(17)13(9)18(36)37)22-15(34)11(25-38-6-10(32)33)14-23-19(21)41-26-14/h12,17H,3-8H2,1-2H3,(H,22,34)(H,32,33)(H,36,37)(H2,21,23,26)/b25-11+. The minimum absolute atomic E-state index is 0.0247. The molecule has 2 atom stereocenters. The molecular formula is C20H25N11O7S3. The summed E-state index contributed by atoms with van der Waals surface area (Å²) in [6.07, 6.45) is 0.825. The molecule has 2 aromatic heterocycles. The van der Waals surface area contributed by atoms with E-state index in [0.717, 1.165) is 29.4 Å². The van der Waals surface area contributed by atoms with Crippen LogP contribution in [0.4, 0.5) is 5.13 Å². The first-order valence-corrected chi connectivity index (χ1v) is 14.6. The van der Waals surface area contributed by atoms with E-state index in [0.29, 0.717) is 17.3 Å². The maximum absolute atomic E-state index is 13.1. The van der Waals surface area contributed by atoms with Crippen LogP contribution in [-0.4, -0.2) is 129 Å². The highest BCUT2D eigenvalue weighted by atomic mass is 32.2. The van der Waals surface area contributed by atoms with Crippen LogP contribution in [0.5, 0.6) is 0 Å². The Labute approximate surface area is 244 Å². The van der Waals surface area contributed by atoms with Crippen molar-refractivity contribution in [1.29, 1.82) is 0 Å². The zero-order valence-corrected chi connectivity index (χ0v) is 24.1. The van der Waals surface area contributed by atoms with Gasteiger partial charge in [-0.3, -0.25) is 14.5 Å². The van der Waals surface area contributed by atoms with Gasteiger partial charge in [0, 0.05) is 29.6 Å². The van der Waals surface area contributed by atoms with Gasteiger partial charge in [-0.05, 0) is 43.1 Å². The fraction of sp³-hybridized carbons (Fsp3) is 0.500. The number of carbonyl (C=O) groups excluding carboxylic acids is 2. The van der Waals surface area contributed by atoms with Crippen molar-refractivity contribution in [1.82, 2.24) is 44.7 Å². The Morgan fingerprint density at radius 1 is 1.32 bits per heavy atom. The third kappa shape index (κ3) is 7.10. The first-order chi connectivity index (χ1) is 19.6. The number of nitrogens with two attached hydrogens (primary N) is 1. The SMILES string of the molecule is CN(C)CCCn1nnnc1SCC1=C(C(=O)O)N2C(=O)C(NC(=O)/C(=N/OCC(=O)O)c3nsc(N)n3)C2SC1. The molecule has 0 aromatic carbocycles. The summed E-state index contributed by atoms with van der Waals surface area (Å²) in [4.78, 5) is 60.8. The number of tetrazole rings is 1. The minimum atomic E-state index is -1.33. The van der Waals surface area contributed by atoms with Gasteiger partial charge in [0.15, 0.2) is 5.13 Å². The van der Waals surface area contributed by atoms with E-state index >= 15 is 0 Å². The molecule has 2 aliphatic heterocycles. The molecule has 0 radical (unpaired) electrons. The van der Waals surface area contributed by atoms with Crippen molar-refractivity contribution in [2.45, 2.75) is 29.5 Å². The lowest BCUT2D eigenvalue weighted by molar-refractivity contribution is -0.150. The Kier molecular flexibility index (Phi) is 9.73. The normalized spacial score (nSPS) is 18.8. The van der Waals surface area contributed by atoms with E-state index in [2.05, 4.69) is 40.2 Å². The number of thioether (sulfide) groups is 2. The van der Waals surface area contributed by atoms with Crippen molar-refractivity contribution < 1.29 is 34.2 Å². The smallest absolute Gasteiger partial charge is 0.352 e. The third-order valence-electron chi connectivity index (χ3n) is 5.60.